The van der Waals surface area contributed by atoms with Crippen molar-refractivity contribution < 1.29 is 8.42 Å². The number of aryl methyl sites for hydroxylation is 1. The fourth-order valence-corrected chi connectivity index (χ4v) is 3.45. The van der Waals surface area contributed by atoms with Gasteiger partial charge < -0.3 is 9.88 Å². The van der Waals surface area contributed by atoms with Crippen LogP contribution in [0.5, 0.6) is 0 Å². The summed E-state index contributed by atoms with van der Waals surface area (Å²) in [5, 5.41) is 3.06. The van der Waals surface area contributed by atoms with Gasteiger partial charge in [0.25, 0.3) is 0 Å². The molecule has 1 aromatic rings. The molecule has 1 rings (SSSR count). The summed E-state index contributed by atoms with van der Waals surface area (Å²) < 4.78 is 28.4. The summed E-state index contributed by atoms with van der Waals surface area (Å²) in [6, 6.07) is 1.76. The quantitative estimate of drug-likeness (QED) is 0.829. The monoisotopic (exact) mass is 287 g/mol. The molecule has 0 saturated heterocycles. The van der Waals surface area contributed by atoms with E-state index in [9.17, 15) is 8.42 Å². The normalized spacial score (nSPS) is 14.0. The molecule has 0 saturated carbocycles. The highest BCUT2D eigenvalue weighted by molar-refractivity contribution is 7.89. The van der Waals surface area contributed by atoms with Gasteiger partial charge in [-0.05, 0) is 33.4 Å². The zero-order chi connectivity index (χ0) is 14.6. The van der Waals surface area contributed by atoms with Gasteiger partial charge in [-0.1, -0.05) is 6.92 Å². The van der Waals surface area contributed by atoms with Crippen LogP contribution in [0.3, 0.4) is 0 Å². The minimum absolute atomic E-state index is 0.00252. The van der Waals surface area contributed by atoms with Crippen molar-refractivity contribution in [1.82, 2.24) is 14.2 Å². The third-order valence-electron chi connectivity index (χ3n) is 3.55. The first-order valence-electron chi connectivity index (χ1n) is 6.70. The molecule has 1 aromatic heterocycles. The van der Waals surface area contributed by atoms with E-state index in [-0.39, 0.29) is 6.04 Å². The van der Waals surface area contributed by atoms with Crippen LogP contribution < -0.4 is 5.32 Å². The summed E-state index contributed by atoms with van der Waals surface area (Å²) in [7, 11) is 0.101. The van der Waals surface area contributed by atoms with E-state index in [2.05, 4.69) is 5.32 Å². The van der Waals surface area contributed by atoms with Crippen LogP contribution in [0.25, 0.3) is 0 Å². The zero-order valence-electron chi connectivity index (χ0n) is 12.5. The molecular formula is C13H25N3O2S. The maximum absolute atomic E-state index is 12.5. The second-order valence-electron chi connectivity index (χ2n) is 4.76. The Hall–Kier alpha value is -0.850. The Morgan fingerprint density at radius 1 is 1.42 bits per heavy atom. The molecule has 0 bridgehead atoms. The molecule has 0 fully saturated rings. The molecule has 0 amide bonds. The van der Waals surface area contributed by atoms with Crippen LogP contribution in [-0.2, 0) is 23.1 Å². The molecule has 1 unspecified atom stereocenters. The fraction of sp³-hybridized carbons (Fsp3) is 0.692. The summed E-state index contributed by atoms with van der Waals surface area (Å²) in [6.45, 7) is 7.34. The molecule has 6 heteroatoms. The van der Waals surface area contributed by atoms with Gasteiger partial charge in [-0.15, -0.1) is 0 Å². The number of nitrogens with one attached hydrogen (secondary N) is 1. The van der Waals surface area contributed by atoms with E-state index < -0.39 is 10.0 Å². The SMILES string of the molecule is CCC(C)N(C)S(=O)(=O)c1cc(CNC)n(CC)c1. The van der Waals surface area contributed by atoms with Crippen molar-refractivity contribution in [2.24, 2.45) is 0 Å². The van der Waals surface area contributed by atoms with Gasteiger partial charge in [0.1, 0.15) is 4.90 Å². The van der Waals surface area contributed by atoms with Gasteiger partial charge in [-0.2, -0.15) is 4.31 Å². The van der Waals surface area contributed by atoms with E-state index in [0.717, 1.165) is 18.7 Å². The van der Waals surface area contributed by atoms with Crippen molar-refractivity contribution in [2.75, 3.05) is 14.1 Å². The predicted octanol–water partition coefficient (Wildman–Crippen LogP) is 1.65. The molecule has 5 nitrogen and oxygen atoms in total. The van der Waals surface area contributed by atoms with E-state index in [1.807, 2.05) is 32.4 Å². The van der Waals surface area contributed by atoms with Gasteiger partial charge in [0.2, 0.25) is 10.0 Å². The molecule has 0 aliphatic carbocycles. The van der Waals surface area contributed by atoms with Gasteiger partial charge in [0.15, 0.2) is 0 Å². The Kier molecular flexibility index (Phi) is 5.58. The Morgan fingerprint density at radius 2 is 2.05 bits per heavy atom. The predicted molar refractivity (Wildman–Crippen MR) is 77.6 cm³/mol. The molecule has 0 spiro atoms. The Balaban J connectivity index is 3.15. The van der Waals surface area contributed by atoms with Crippen molar-refractivity contribution in [3.05, 3.63) is 18.0 Å². The summed E-state index contributed by atoms with van der Waals surface area (Å²) in [6.07, 6.45) is 2.52. The lowest BCUT2D eigenvalue weighted by Crippen LogP contribution is -2.34. The number of hydrogen-bond donors (Lipinski definition) is 1. The topological polar surface area (TPSA) is 54.3 Å². The number of rotatable bonds is 7. The average Bonchev–Trinajstić information content (AvgIpc) is 2.81. The van der Waals surface area contributed by atoms with E-state index >= 15 is 0 Å². The molecular weight excluding hydrogens is 262 g/mol. The van der Waals surface area contributed by atoms with Crippen LogP contribution in [0.15, 0.2) is 17.2 Å². The van der Waals surface area contributed by atoms with Crippen LogP contribution >= 0.6 is 0 Å². The van der Waals surface area contributed by atoms with Crippen LogP contribution in [-0.4, -0.2) is 37.4 Å². The standard InChI is InChI=1S/C13H25N3O2S/c1-6-11(3)15(5)19(17,18)13-8-12(9-14-4)16(7-2)10-13/h8,10-11,14H,6-7,9H2,1-5H3. The number of sulfonamides is 1. The van der Waals surface area contributed by atoms with Gasteiger partial charge in [-0.25, -0.2) is 8.42 Å². The van der Waals surface area contributed by atoms with Crippen molar-refractivity contribution in [3.8, 4) is 0 Å². The van der Waals surface area contributed by atoms with E-state index in [4.69, 9.17) is 0 Å². The van der Waals surface area contributed by atoms with Crippen molar-refractivity contribution in [2.45, 2.75) is 51.2 Å². The lowest BCUT2D eigenvalue weighted by molar-refractivity contribution is 0.380. The van der Waals surface area contributed by atoms with Crippen LogP contribution in [0.2, 0.25) is 0 Å². The molecule has 0 aromatic carbocycles. The summed E-state index contributed by atoms with van der Waals surface area (Å²) in [5.74, 6) is 0. The largest absolute Gasteiger partial charge is 0.349 e. The van der Waals surface area contributed by atoms with E-state index in [1.54, 1.807) is 19.3 Å². The fourth-order valence-electron chi connectivity index (χ4n) is 1.95. The third-order valence-corrected chi connectivity index (χ3v) is 5.49. The second kappa shape index (κ2) is 6.54. The first kappa shape index (κ1) is 16.2. The molecule has 0 aliphatic heterocycles. The van der Waals surface area contributed by atoms with Crippen LogP contribution in [0.1, 0.15) is 32.9 Å². The van der Waals surface area contributed by atoms with Crippen molar-refractivity contribution >= 4 is 10.0 Å². The average molecular weight is 287 g/mol. The number of hydrogen-bond acceptors (Lipinski definition) is 3. The summed E-state index contributed by atoms with van der Waals surface area (Å²) in [5.41, 5.74) is 0.987. The molecule has 19 heavy (non-hydrogen) atoms. The first-order chi connectivity index (χ1) is 8.88. The van der Waals surface area contributed by atoms with Crippen LogP contribution in [0.4, 0.5) is 0 Å². The van der Waals surface area contributed by atoms with Crippen molar-refractivity contribution in [1.29, 1.82) is 0 Å². The number of aromatic nitrogens is 1. The summed E-state index contributed by atoms with van der Waals surface area (Å²) >= 11 is 0. The van der Waals surface area contributed by atoms with Gasteiger partial charge in [0, 0.05) is 38.1 Å². The molecule has 0 aliphatic rings. The van der Waals surface area contributed by atoms with E-state index in [1.165, 1.54) is 4.31 Å². The highest BCUT2D eigenvalue weighted by Crippen LogP contribution is 2.20. The molecule has 1 heterocycles. The molecule has 1 atom stereocenters. The number of nitrogens with zero attached hydrogens (tertiary/aromatic N) is 2. The molecule has 0 radical (unpaired) electrons. The summed E-state index contributed by atoms with van der Waals surface area (Å²) in [4.78, 5) is 0.377. The van der Waals surface area contributed by atoms with Crippen molar-refractivity contribution in [3.63, 3.8) is 0 Å². The smallest absolute Gasteiger partial charge is 0.244 e. The second-order valence-corrected chi connectivity index (χ2v) is 6.76. The Bertz CT molecular complexity index is 508. The minimum Gasteiger partial charge on any atom is -0.349 e. The Labute approximate surface area is 116 Å². The zero-order valence-corrected chi connectivity index (χ0v) is 13.3. The maximum Gasteiger partial charge on any atom is 0.244 e. The Morgan fingerprint density at radius 3 is 2.53 bits per heavy atom. The van der Waals surface area contributed by atoms with Gasteiger partial charge >= 0.3 is 0 Å². The van der Waals surface area contributed by atoms with E-state index in [0.29, 0.717) is 11.4 Å². The highest BCUT2D eigenvalue weighted by atomic mass is 32.2. The van der Waals surface area contributed by atoms with Gasteiger partial charge in [0.05, 0.1) is 0 Å². The maximum atomic E-state index is 12.5. The highest BCUT2D eigenvalue weighted by Gasteiger charge is 2.26. The van der Waals surface area contributed by atoms with Gasteiger partial charge in [-0.3, -0.25) is 0 Å². The third kappa shape index (κ3) is 3.38. The first-order valence-corrected chi connectivity index (χ1v) is 8.14. The minimum atomic E-state index is -3.40. The van der Waals surface area contributed by atoms with Crippen LogP contribution in [0, 0.1) is 0 Å². The lowest BCUT2D eigenvalue weighted by atomic mass is 10.3. The lowest BCUT2D eigenvalue weighted by Gasteiger charge is -2.22. The molecule has 110 valence electrons. The molecule has 1 N–H and O–H groups in total.